The van der Waals surface area contributed by atoms with Gasteiger partial charge in [0.25, 0.3) is 0 Å². The lowest BCUT2D eigenvalue weighted by Gasteiger charge is -2.26. The molecular formula is C9H10FNO. The zero-order valence-electron chi connectivity index (χ0n) is 6.57. The molecule has 0 amide bonds. The normalized spacial score (nSPS) is 22.2. The number of aliphatic hydroxyl groups excluding tert-OH is 1. The molecule has 1 N–H and O–H groups in total. The second-order valence-electron chi connectivity index (χ2n) is 2.95. The van der Waals surface area contributed by atoms with Crippen molar-refractivity contribution in [3.8, 4) is 0 Å². The molecule has 0 bridgehead atoms. The number of benzene rings is 1. The van der Waals surface area contributed by atoms with Crippen molar-refractivity contribution >= 4 is 5.69 Å². The van der Waals surface area contributed by atoms with Crippen molar-refractivity contribution in [2.75, 3.05) is 11.7 Å². The van der Waals surface area contributed by atoms with E-state index < -0.39 is 6.10 Å². The fourth-order valence-corrected chi connectivity index (χ4v) is 1.50. The molecule has 0 saturated heterocycles. The van der Waals surface area contributed by atoms with Crippen LogP contribution < -0.4 is 5.12 Å². The molecule has 12 heavy (non-hydrogen) atoms. The van der Waals surface area contributed by atoms with Crippen molar-refractivity contribution in [3.63, 3.8) is 0 Å². The summed E-state index contributed by atoms with van der Waals surface area (Å²) in [5.74, 6) is 0. The van der Waals surface area contributed by atoms with Gasteiger partial charge in [-0.05, 0) is 12.5 Å². The van der Waals surface area contributed by atoms with E-state index in [0.29, 0.717) is 22.8 Å². The van der Waals surface area contributed by atoms with Crippen LogP contribution in [0.15, 0.2) is 24.3 Å². The number of halogens is 1. The number of fused-ring (bicyclic) bond motifs is 1. The third-order valence-electron chi connectivity index (χ3n) is 2.16. The molecule has 1 aromatic carbocycles. The molecular weight excluding hydrogens is 157 g/mol. The number of anilines is 1. The minimum absolute atomic E-state index is 0.276. The predicted octanol–water partition coefficient (Wildman–Crippen LogP) is 1.81. The maximum atomic E-state index is 13.1. The highest BCUT2D eigenvalue weighted by Crippen LogP contribution is 2.33. The fourth-order valence-electron chi connectivity index (χ4n) is 1.50. The molecule has 0 fully saturated rings. The SMILES string of the molecule is OC1CCN(F)c2ccccc21. The highest BCUT2D eigenvalue weighted by Gasteiger charge is 2.22. The first-order valence-electron chi connectivity index (χ1n) is 3.99. The molecule has 0 spiro atoms. The molecule has 3 heteroatoms. The van der Waals surface area contributed by atoms with E-state index in [-0.39, 0.29) is 6.54 Å². The molecule has 64 valence electrons. The van der Waals surface area contributed by atoms with Gasteiger partial charge >= 0.3 is 0 Å². The summed E-state index contributed by atoms with van der Waals surface area (Å²) < 4.78 is 13.1. The Morgan fingerprint density at radius 2 is 2.17 bits per heavy atom. The van der Waals surface area contributed by atoms with Crippen molar-refractivity contribution < 1.29 is 9.59 Å². The summed E-state index contributed by atoms with van der Waals surface area (Å²) in [6.07, 6.45) is -0.0405. The molecule has 0 saturated carbocycles. The standard InChI is InChI=1S/C9H10FNO/c10-11-6-5-9(12)7-3-1-2-4-8(7)11/h1-4,9,12H,5-6H2. The van der Waals surface area contributed by atoms with E-state index in [4.69, 9.17) is 0 Å². The average Bonchev–Trinajstić information content (AvgIpc) is 2.12. The van der Waals surface area contributed by atoms with E-state index >= 15 is 0 Å². The van der Waals surface area contributed by atoms with Gasteiger partial charge in [-0.3, -0.25) is 0 Å². The van der Waals surface area contributed by atoms with Crippen LogP contribution in [0.5, 0.6) is 0 Å². The van der Waals surface area contributed by atoms with Crippen LogP contribution in [-0.2, 0) is 0 Å². The Kier molecular flexibility index (Phi) is 1.73. The number of aliphatic hydroxyl groups is 1. The van der Waals surface area contributed by atoms with Gasteiger partial charge in [0.1, 0.15) is 0 Å². The van der Waals surface area contributed by atoms with Crippen molar-refractivity contribution in [1.82, 2.24) is 0 Å². The van der Waals surface area contributed by atoms with Crippen LogP contribution in [0.2, 0.25) is 0 Å². The lowest BCUT2D eigenvalue weighted by atomic mass is 10.0. The molecule has 0 radical (unpaired) electrons. The molecule has 1 aromatic rings. The number of para-hydroxylation sites is 1. The van der Waals surface area contributed by atoms with Crippen molar-refractivity contribution in [1.29, 1.82) is 0 Å². The quantitative estimate of drug-likeness (QED) is 0.596. The Bertz CT molecular complexity index is 261. The Hall–Kier alpha value is -1.09. The second-order valence-corrected chi connectivity index (χ2v) is 2.95. The molecule has 1 unspecified atom stereocenters. The molecule has 1 aliphatic heterocycles. The van der Waals surface area contributed by atoms with Gasteiger partial charge in [0.2, 0.25) is 0 Å². The number of hydrogen-bond donors (Lipinski definition) is 1. The van der Waals surface area contributed by atoms with E-state index in [1.165, 1.54) is 0 Å². The largest absolute Gasteiger partial charge is 0.388 e. The minimum atomic E-state index is -0.506. The second kappa shape index (κ2) is 2.75. The molecule has 2 rings (SSSR count). The fraction of sp³-hybridized carbons (Fsp3) is 0.333. The maximum absolute atomic E-state index is 13.1. The Morgan fingerprint density at radius 3 is 2.92 bits per heavy atom. The van der Waals surface area contributed by atoms with Gasteiger partial charge in [-0.25, -0.2) is 5.12 Å². The van der Waals surface area contributed by atoms with Gasteiger partial charge in [-0.15, -0.1) is 0 Å². The highest BCUT2D eigenvalue weighted by molar-refractivity contribution is 5.54. The lowest BCUT2D eigenvalue weighted by Crippen LogP contribution is -2.23. The molecule has 1 aliphatic rings. The van der Waals surface area contributed by atoms with Gasteiger partial charge in [-0.1, -0.05) is 22.7 Å². The molecule has 0 aromatic heterocycles. The van der Waals surface area contributed by atoms with Crippen molar-refractivity contribution in [2.24, 2.45) is 0 Å². The van der Waals surface area contributed by atoms with E-state index in [9.17, 15) is 9.59 Å². The topological polar surface area (TPSA) is 23.5 Å². The Balaban J connectivity index is 2.47. The van der Waals surface area contributed by atoms with Crippen LogP contribution in [0.3, 0.4) is 0 Å². The number of rotatable bonds is 0. The van der Waals surface area contributed by atoms with E-state index in [1.807, 2.05) is 0 Å². The Labute approximate surface area is 70.2 Å². The summed E-state index contributed by atoms with van der Waals surface area (Å²) in [4.78, 5) is 0. The van der Waals surface area contributed by atoms with Gasteiger partial charge in [-0.2, -0.15) is 0 Å². The van der Waals surface area contributed by atoms with Gasteiger partial charge in [0.05, 0.1) is 18.3 Å². The summed E-state index contributed by atoms with van der Waals surface area (Å²) in [6.45, 7) is 0.276. The summed E-state index contributed by atoms with van der Waals surface area (Å²) in [7, 11) is 0. The summed E-state index contributed by atoms with van der Waals surface area (Å²) in [6, 6.07) is 7.01. The maximum Gasteiger partial charge on any atom is 0.0828 e. The van der Waals surface area contributed by atoms with E-state index in [0.717, 1.165) is 0 Å². The van der Waals surface area contributed by atoms with Crippen LogP contribution in [0.4, 0.5) is 10.2 Å². The zero-order chi connectivity index (χ0) is 8.55. The Morgan fingerprint density at radius 1 is 1.42 bits per heavy atom. The van der Waals surface area contributed by atoms with Crippen molar-refractivity contribution in [2.45, 2.75) is 12.5 Å². The average molecular weight is 167 g/mol. The van der Waals surface area contributed by atoms with Crippen LogP contribution in [0.1, 0.15) is 18.1 Å². The highest BCUT2D eigenvalue weighted by atomic mass is 19.2. The third-order valence-corrected chi connectivity index (χ3v) is 2.16. The smallest absolute Gasteiger partial charge is 0.0828 e. The minimum Gasteiger partial charge on any atom is -0.388 e. The zero-order valence-corrected chi connectivity index (χ0v) is 6.57. The molecule has 1 heterocycles. The first-order valence-corrected chi connectivity index (χ1v) is 3.99. The molecule has 1 atom stereocenters. The third kappa shape index (κ3) is 1.06. The molecule has 0 aliphatic carbocycles. The molecule has 2 nitrogen and oxygen atoms in total. The van der Waals surface area contributed by atoms with Crippen LogP contribution in [0, 0.1) is 0 Å². The summed E-state index contributed by atoms with van der Waals surface area (Å²) in [5.41, 5.74) is 1.18. The predicted molar refractivity (Wildman–Crippen MR) is 44.5 cm³/mol. The first-order chi connectivity index (χ1) is 5.79. The monoisotopic (exact) mass is 167 g/mol. The lowest BCUT2D eigenvalue weighted by molar-refractivity contribution is 0.155. The van der Waals surface area contributed by atoms with Gasteiger partial charge in [0.15, 0.2) is 0 Å². The van der Waals surface area contributed by atoms with Crippen LogP contribution >= 0.6 is 0 Å². The van der Waals surface area contributed by atoms with E-state index in [1.54, 1.807) is 24.3 Å². The number of nitrogens with zero attached hydrogens (tertiary/aromatic N) is 1. The van der Waals surface area contributed by atoms with Crippen LogP contribution in [0.25, 0.3) is 0 Å². The first kappa shape index (κ1) is 7.55. The van der Waals surface area contributed by atoms with Gasteiger partial charge in [0, 0.05) is 5.56 Å². The summed E-state index contributed by atoms with van der Waals surface area (Å²) >= 11 is 0. The van der Waals surface area contributed by atoms with E-state index in [2.05, 4.69) is 0 Å². The van der Waals surface area contributed by atoms with Crippen LogP contribution in [-0.4, -0.2) is 11.7 Å². The van der Waals surface area contributed by atoms with Crippen molar-refractivity contribution in [3.05, 3.63) is 29.8 Å². The number of hydrogen-bond acceptors (Lipinski definition) is 2. The summed E-state index contributed by atoms with van der Waals surface area (Å²) in [5, 5.41) is 10.2. The van der Waals surface area contributed by atoms with Gasteiger partial charge < -0.3 is 5.11 Å².